The van der Waals surface area contributed by atoms with E-state index in [0.717, 1.165) is 30.1 Å². The summed E-state index contributed by atoms with van der Waals surface area (Å²) in [4.78, 5) is 8.17. The third kappa shape index (κ3) is 2.16. The molecule has 0 fully saturated rings. The van der Waals surface area contributed by atoms with Gasteiger partial charge in [-0.3, -0.25) is 0 Å². The Kier molecular flexibility index (Phi) is 3.11. The summed E-state index contributed by atoms with van der Waals surface area (Å²) in [6.45, 7) is 4.57. The molecule has 1 aromatic carbocycles. The first-order chi connectivity index (χ1) is 8.76. The van der Waals surface area contributed by atoms with E-state index < -0.39 is 0 Å². The highest BCUT2D eigenvalue weighted by atomic mass is 14.9. The summed E-state index contributed by atoms with van der Waals surface area (Å²) in [5.74, 6) is 2.00. The molecule has 1 aliphatic rings. The fourth-order valence-corrected chi connectivity index (χ4v) is 2.97. The molecule has 0 saturated heterocycles. The average molecular weight is 242 g/mol. The summed E-state index contributed by atoms with van der Waals surface area (Å²) in [5, 5.41) is 0. The second-order valence-electron chi connectivity index (χ2n) is 5.75. The summed E-state index contributed by atoms with van der Waals surface area (Å²) >= 11 is 0. The first-order valence-electron chi connectivity index (χ1n) is 7.26. The zero-order valence-electron chi connectivity index (χ0n) is 11.4. The number of hydrogen-bond acceptors (Lipinski definition) is 1. The van der Waals surface area contributed by atoms with Gasteiger partial charge in [-0.25, -0.2) is 4.98 Å². The maximum atomic E-state index is 4.70. The molecule has 0 amide bonds. The second kappa shape index (κ2) is 4.75. The molecule has 0 radical (unpaired) electrons. The van der Waals surface area contributed by atoms with Crippen LogP contribution in [0.15, 0.2) is 12.1 Å². The number of hydrogen-bond donors (Lipinski definition) is 1. The topological polar surface area (TPSA) is 28.7 Å². The summed E-state index contributed by atoms with van der Waals surface area (Å²) < 4.78 is 0. The third-order valence-corrected chi connectivity index (χ3v) is 4.15. The molecule has 2 heteroatoms. The standard InChI is InChI=1S/C16H22N2/c1-3-4-16-17-14-9-12-7-5-11(2)6-8-13(12)10-15(14)18-16/h9-11H,3-8H2,1-2H3,(H,17,18). The van der Waals surface area contributed by atoms with E-state index in [1.54, 1.807) is 5.56 Å². The van der Waals surface area contributed by atoms with Gasteiger partial charge in [-0.2, -0.15) is 0 Å². The van der Waals surface area contributed by atoms with Crippen molar-refractivity contribution in [2.24, 2.45) is 5.92 Å². The molecule has 96 valence electrons. The van der Waals surface area contributed by atoms with E-state index in [9.17, 15) is 0 Å². The van der Waals surface area contributed by atoms with Gasteiger partial charge in [-0.05, 0) is 61.3 Å². The number of rotatable bonds is 2. The van der Waals surface area contributed by atoms with E-state index >= 15 is 0 Å². The van der Waals surface area contributed by atoms with Crippen LogP contribution in [0.2, 0.25) is 0 Å². The van der Waals surface area contributed by atoms with Gasteiger partial charge in [-0.1, -0.05) is 13.8 Å². The number of imidazole rings is 1. The van der Waals surface area contributed by atoms with Crippen LogP contribution in [0, 0.1) is 5.92 Å². The first kappa shape index (κ1) is 11.8. The lowest BCUT2D eigenvalue weighted by atomic mass is 10.0. The lowest BCUT2D eigenvalue weighted by Gasteiger charge is -2.04. The zero-order chi connectivity index (χ0) is 12.5. The molecule has 1 unspecified atom stereocenters. The van der Waals surface area contributed by atoms with Crippen molar-refractivity contribution in [2.45, 2.75) is 52.4 Å². The highest BCUT2D eigenvalue weighted by molar-refractivity contribution is 5.77. The lowest BCUT2D eigenvalue weighted by molar-refractivity contribution is 0.510. The molecule has 0 bridgehead atoms. The van der Waals surface area contributed by atoms with Gasteiger partial charge in [0, 0.05) is 6.42 Å². The van der Waals surface area contributed by atoms with Crippen LogP contribution >= 0.6 is 0 Å². The predicted octanol–water partition coefficient (Wildman–Crippen LogP) is 4.03. The van der Waals surface area contributed by atoms with Crippen LogP contribution in [0.4, 0.5) is 0 Å². The second-order valence-corrected chi connectivity index (χ2v) is 5.75. The molecule has 1 heterocycles. The smallest absolute Gasteiger partial charge is 0.107 e. The van der Waals surface area contributed by atoms with Crippen molar-refractivity contribution < 1.29 is 0 Å². The molecule has 1 atom stereocenters. The number of aromatic nitrogens is 2. The molecular formula is C16H22N2. The van der Waals surface area contributed by atoms with E-state index in [1.807, 2.05) is 0 Å². The number of H-pyrrole nitrogens is 1. The van der Waals surface area contributed by atoms with E-state index in [2.05, 4.69) is 31.0 Å². The van der Waals surface area contributed by atoms with Crippen molar-refractivity contribution in [2.75, 3.05) is 0 Å². The Morgan fingerprint density at radius 3 is 2.67 bits per heavy atom. The van der Waals surface area contributed by atoms with E-state index in [1.165, 1.54) is 36.8 Å². The van der Waals surface area contributed by atoms with Crippen molar-refractivity contribution in [3.63, 3.8) is 0 Å². The van der Waals surface area contributed by atoms with Gasteiger partial charge in [0.25, 0.3) is 0 Å². The van der Waals surface area contributed by atoms with E-state index in [4.69, 9.17) is 4.98 Å². The average Bonchev–Trinajstić information content (AvgIpc) is 2.65. The Hall–Kier alpha value is -1.31. The number of nitrogens with zero attached hydrogens (tertiary/aromatic N) is 1. The van der Waals surface area contributed by atoms with Gasteiger partial charge in [0.2, 0.25) is 0 Å². The van der Waals surface area contributed by atoms with E-state index in [0.29, 0.717) is 0 Å². The molecule has 1 N–H and O–H groups in total. The van der Waals surface area contributed by atoms with Crippen LogP contribution in [-0.2, 0) is 19.3 Å². The fourth-order valence-electron chi connectivity index (χ4n) is 2.97. The zero-order valence-corrected chi connectivity index (χ0v) is 11.4. The molecule has 3 rings (SSSR count). The predicted molar refractivity (Wildman–Crippen MR) is 75.9 cm³/mol. The molecule has 18 heavy (non-hydrogen) atoms. The quantitative estimate of drug-likeness (QED) is 0.791. The Morgan fingerprint density at radius 1 is 1.22 bits per heavy atom. The summed E-state index contributed by atoms with van der Waals surface area (Å²) in [7, 11) is 0. The molecule has 1 aliphatic carbocycles. The summed E-state index contributed by atoms with van der Waals surface area (Å²) in [5.41, 5.74) is 5.46. The van der Waals surface area contributed by atoms with Crippen LogP contribution in [0.5, 0.6) is 0 Å². The minimum Gasteiger partial charge on any atom is -0.342 e. The molecular weight excluding hydrogens is 220 g/mol. The maximum Gasteiger partial charge on any atom is 0.107 e. The van der Waals surface area contributed by atoms with Crippen molar-refractivity contribution >= 4 is 11.0 Å². The van der Waals surface area contributed by atoms with Crippen LogP contribution in [0.1, 0.15) is 50.1 Å². The highest BCUT2D eigenvalue weighted by Gasteiger charge is 2.14. The summed E-state index contributed by atoms with van der Waals surface area (Å²) in [6.07, 6.45) is 7.31. The lowest BCUT2D eigenvalue weighted by Crippen LogP contribution is -1.92. The number of aryl methyl sites for hydroxylation is 3. The van der Waals surface area contributed by atoms with Gasteiger partial charge in [-0.15, -0.1) is 0 Å². The maximum absolute atomic E-state index is 4.70. The number of fused-ring (bicyclic) bond motifs is 2. The normalized spacial score (nSPS) is 16.8. The highest BCUT2D eigenvalue weighted by Crippen LogP contribution is 2.27. The van der Waals surface area contributed by atoms with Gasteiger partial charge in [0.1, 0.15) is 5.82 Å². The molecule has 0 spiro atoms. The van der Waals surface area contributed by atoms with Gasteiger partial charge in [0.15, 0.2) is 0 Å². The number of benzene rings is 1. The van der Waals surface area contributed by atoms with Crippen LogP contribution in [-0.4, -0.2) is 9.97 Å². The molecule has 2 nitrogen and oxygen atoms in total. The number of aromatic amines is 1. The van der Waals surface area contributed by atoms with Crippen LogP contribution < -0.4 is 0 Å². The molecule has 0 saturated carbocycles. The van der Waals surface area contributed by atoms with Gasteiger partial charge < -0.3 is 4.98 Å². The Bertz CT molecular complexity index is 508. The van der Waals surface area contributed by atoms with Gasteiger partial charge in [0.05, 0.1) is 11.0 Å². The Labute approximate surface area is 109 Å². The SMILES string of the molecule is CCCc1nc2cc3c(cc2[nH]1)CCC(C)CC3. The monoisotopic (exact) mass is 242 g/mol. The van der Waals surface area contributed by atoms with Gasteiger partial charge >= 0.3 is 0 Å². The number of nitrogens with one attached hydrogen (secondary N) is 1. The van der Waals surface area contributed by atoms with Crippen LogP contribution in [0.25, 0.3) is 11.0 Å². The Balaban J connectivity index is 2.01. The van der Waals surface area contributed by atoms with Crippen molar-refractivity contribution in [3.8, 4) is 0 Å². The first-order valence-corrected chi connectivity index (χ1v) is 7.26. The third-order valence-electron chi connectivity index (χ3n) is 4.15. The minimum absolute atomic E-state index is 0.861. The Morgan fingerprint density at radius 2 is 1.94 bits per heavy atom. The largest absolute Gasteiger partial charge is 0.342 e. The van der Waals surface area contributed by atoms with Crippen molar-refractivity contribution in [1.82, 2.24) is 9.97 Å². The molecule has 0 aliphatic heterocycles. The van der Waals surface area contributed by atoms with Crippen molar-refractivity contribution in [1.29, 1.82) is 0 Å². The summed E-state index contributed by atoms with van der Waals surface area (Å²) in [6, 6.07) is 4.66. The fraction of sp³-hybridized carbons (Fsp3) is 0.562. The van der Waals surface area contributed by atoms with E-state index in [-0.39, 0.29) is 0 Å². The molecule has 2 aromatic rings. The van der Waals surface area contributed by atoms with Crippen molar-refractivity contribution in [3.05, 3.63) is 29.1 Å². The molecule has 1 aromatic heterocycles. The minimum atomic E-state index is 0.861. The van der Waals surface area contributed by atoms with Crippen LogP contribution in [0.3, 0.4) is 0 Å².